The maximum atomic E-state index is 12.5. The molecule has 7 heteroatoms. The zero-order valence-electron chi connectivity index (χ0n) is 16.1. The molecule has 0 spiro atoms. The molecule has 2 aromatic rings. The summed E-state index contributed by atoms with van der Waals surface area (Å²) in [6, 6.07) is 10.1. The van der Waals surface area contributed by atoms with E-state index in [1.165, 1.54) is 20.1 Å². The van der Waals surface area contributed by atoms with E-state index in [0.29, 0.717) is 34.1 Å². The minimum absolute atomic E-state index is 0.0159. The maximum absolute atomic E-state index is 12.5. The average molecular weight is 403 g/mol. The Morgan fingerprint density at radius 1 is 1.04 bits per heavy atom. The van der Waals surface area contributed by atoms with Crippen LogP contribution in [0.15, 0.2) is 36.4 Å². The molecule has 2 N–H and O–H groups in total. The summed E-state index contributed by atoms with van der Waals surface area (Å²) in [6.07, 6.45) is 0.756. The molecule has 0 aliphatic rings. The summed E-state index contributed by atoms with van der Waals surface area (Å²) in [5.41, 5.74) is 2.50. The van der Waals surface area contributed by atoms with Crippen molar-refractivity contribution < 1.29 is 19.1 Å². The number of benzene rings is 2. The van der Waals surface area contributed by atoms with Gasteiger partial charge in [0.25, 0.3) is 0 Å². The number of anilines is 2. The van der Waals surface area contributed by atoms with E-state index in [1.807, 2.05) is 13.0 Å². The fourth-order valence-corrected chi connectivity index (χ4v) is 2.93. The van der Waals surface area contributed by atoms with E-state index in [2.05, 4.69) is 10.6 Å². The van der Waals surface area contributed by atoms with E-state index < -0.39 is 0 Å². The monoisotopic (exact) mass is 402 g/mol. The van der Waals surface area contributed by atoms with E-state index in [4.69, 9.17) is 16.3 Å². The zero-order valence-corrected chi connectivity index (χ0v) is 16.9. The van der Waals surface area contributed by atoms with Crippen LogP contribution in [-0.2, 0) is 16.0 Å². The topological polar surface area (TPSA) is 84.5 Å². The van der Waals surface area contributed by atoms with Crippen molar-refractivity contribution in [1.29, 1.82) is 0 Å². The molecule has 0 saturated carbocycles. The molecule has 0 saturated heterocycles. The van der Waals surface area contributed by atoms with Crippen LogP contribution in [-0.4, -0.2) is 24.7 Å². The Hall–Kier alpha value is -2.86. The van der Waals surface area contributed by atoms with Gasteiger partial charge in [-0.3, -0.25) is 14.4 Å². The van der Waals surface area contributed by atoms with E-state index in [1.54, 1.807) is 24.3 Å². The van der Waals surface area contributed by atoms with Crippen molar-refractivity contribution >= 4 is 40.6 Å². The molecule has 2 rings (SSSR count). The van der Waals surface area contributed by atoms with Gasteiger partial charge in [-0.15, -0.1) is 0 Å². The number of ether oxygens (including phenoxy) is 1. The fraction of sp³-hybridized carbons (Fsp3) is 0.286. The first-order valence-electron chi connectivity index (χ1n) is 8.91. The predicted octanol–water partition coefficient (Wildman–Crippen LogP) is 4.47. The van der Waals surface area contributed by atoms with Crippen molar-refractivity contribution in [2.24, 2.45) is 0 Å². The van der Waals surface area contributed by atoms with Crippen LogP contribution in [0.4, 0.5) is 11.4 Å². The number of nitrogens with one attached hydrogen (secondary N) is 2. The standard InChI is InChI=1S/C21H23ClN2O4/c1-4-14-5-7-16(23-13(2)25)12-18(14)24-21(27)10-8-19(26)17-11-15(22)6-9-20(17)28-3/h5-7,9,11-12H,4,8,10H2,1-3H3,(H,23,25)(H,24,27). The van der Waals surface area contributed by atoms with Crippen LogP contribution in [0.3, 0.4) is 0 Å². The summed E-state index contributed by atoms with van der Waals surface area (Å²) in [6.45, 7) is 3.39. The summed E-state index contributed by atoms with van der Waals surface area (Å²) >= 11 is 5.96. The zero-order chi connectivity index (χ0) is 20.7. The third kappa shape index (κ3) is 5.82. The second-order valence-corrected chi connectivity index (χ2v) is 6.66. The SMILES string of the molecule is CCc1ccc(NC(C)=O)cc1NC(=O)CCC(=O)c1cc(Cl)ccc1OC. The van der Waals surface area contributed by atoms with E-state index in [0.717, 1.165) is 5.56 Å². The number of hydrogen-bond donors (Lipinski definition) is 2. The molecular weight excluding hydrogens is 380 g/mol. The molecule has 2 aromatic carbocycles. The van der Waals surface area contributed by atoms with Crippen LogP contribution >= 0.6 is 11.6 Å². The van der Waals surface area contributed by atoms with Crippen LogP contribution in [0.1, 0.15) is 42.6 Å². The van der Waals surface area contributed by atoms with Crippen LogP contribution in [0.5, 0.6) is 5.75 Å². The Kier molecular flexibility index (Phi) is 7.58. The lowest BCUT2D eigenvalue weighted by Crippen LogP contribution is -2.15. The second kappa shape index (κ2) is 9.90. The first-order valence-corrected chi connectivity index (χ1v) is 9.29. The highest BCUT2D eigenvalue weighted by Gasteiger charge is 2.15. The molecule has 148 valence electrons. The highest BCUT2D eigenvalue weighted by atomic mass is 35.5. The van der Waals surface area contributed by atoms with Gasteiger partial charge in [0.2, 0.25) is 11.8 Å². The Balaban J connectivity index is 2.05. The van der Waals surface area contributed by atoms with E-state index >= 15 is 0 Å². The van der Waals surface area contributed by atoms with Gasteiger partial charge < -0.3 is 15.4 Å². The highest BCUT2D eigenvalue weighted by Crippen LogP contribution is 2.25. The van der Waals surface area contributed by atoms with Gasteiger partial charge in [-0.25, -0.2) is 0 Å². The smallest absolute Gasteiger partial charge is 0.224 e. The van der Waals surface area contributed by atoms with Crippen LogP contribution < -0.4 is 15.4 Å². The van der Waals surface area contributed by atoms with Crippen LogP contribution in [0.2, 0.25) is 5.02 Å². The largest absolute Gasteiger partial charge is 0.496 e. The van der Waals surface area contributed by atoms with Gasteiger partial charge in [0.05, 0.1) is 12.7 Å². The van der Waals surface area contributed by atoms with Gasteiger partial charge >= 0.3 is 0 Å². The lowest BCUT2D eigenvalue weighted by molar-refractivity contribution is -0.116. The number of aryl methyl sites for hydroxylation is 1. The number of ketones is 1. The molecule has 6 nitrogen and oxygen atoms in total. The second-order valence-electron chi connectivity index (χ2n) is 6.22. The van der Waals surface area contributed by atoms with Crippen LogP contribution in [0, 0.1) is 0 Å². The van der Waals surface area contributed by atoms with Gasteiger partial charge in [0, 0.05) is 36.2 Å². The van der Waals surface area contributed by atoms with Crippen molar-refractivity contribution in [2.45, 2.75) is 33.1 Å². The summed E-state index contributed by atoms with van der Waals surface area (Å²) in [5.74, 6) is -0.282. The number of hydrogen-bond acceptors (Lipinski definition) is 4. The third-order valence-corrected chi connectivity index (χ3v) is 4.36. The molecule has 2 amide bonds. The molecule has 0 atom stereocenters. The maximum Gasteiger partial charge on any atom is 0.224 e. The molecule has 0 heterocycles. The summed E-state index contributed by atoms with van der Waals surface area (Å²) in [5, 5.41) is 5.94. The van der Waals surface area contributed by atoms with Gasteiger partial charge in [0.15, 0.2) is 5.78 Å². The quantitative estimate of drug-likeness (QED) is 0.638. The normalized spacial score (nSPS) is 10.3. The minimum atomic E-state index is -0.288. The van der Waals surface area contributed by atoms with Gasteiger partial charge in [-0.1, -0.05) is 24.6 Å². The van der Waals surface area contributed by atoms with Gasteiger partial charge in [-0.2, -0.15) is 0 Å². The number of amides is 2. The van der Waals surface area contributed by atoms with Crippen LogP contribution in [0.25, 0.3) is 0 Å². The summed E-state index contributed by atoms with van der Waals surface area (Å²) in [7, 11) is 1.47. The van der Waals surface area contributed by atoms with Crippen molar-refractivity contribution in [2.75, 3.05) is 17.7 Å². The first-order chi connectivity index (χ1) is 13.3. The Bertz CT molecular complexity index is 896. The highest BCUT2D eigenvalue weighted by molar-refractivity contribution is 6.31. The minimum Gasteiger partial charge on any atom is -0.496 e. The molecule has 0 radical (unpaired) electrons. The molecule has 0 bridgehead atoms. The van der Waals surface area contributed by atoms with E-state index in [-0.39, 0.29) is 30.4 Å². The number of carbonyl (C=O) groups is 3. The molecular formula is C21H23ClN2O4. The molecule has 0 fully saturated rings. The number of rotatable bonds is 8. The first kappa shape index (κ1) is 21.4. The van der Waals surface area contributed by atoms with Gasteiger partial charge in [0.1, 0.15) is 5.75 Å². The Labute approximate surface area is 169 Å². The molecule has 0 aromatic heterocycles. The molecule has 0 aliphatic heterocycles. The van der Waals surface area contributed by atoms with Crippen molar-refractivity contribution in [3.63, 3.8) is 0 Å². The summed E-state index contributed by atoms with van der Waals surface area (Å²) in [4.78, 5) is 36.1. The molecule has 0 unspecified atom stereocenters. The lowest BCUT2D eigenvalue weighted by atomic mass is 10.0. The number of halogens is 1. The number of methoxy groups -OCH3 is 1. The molecule has 28 heavy (non-hydrogen) atoms. The van der Waals surface area contributed by atoms with Gasteiger partial charge in [-0.05, 0) is 42.3 Å². The summed E-state index contributed by atoms with van der Waals surface area (Å²) < 4.78 is 5.18. The number of Topliss-reactive ketones (excluding diaryl/α,β-unsaturated/α-hetero) is 1. The Morgan fingerprint density at radius 3 is 2.43 bits per heavy atom. The third-order valence-electron chi connectivity index (χ3n) is 4.13. The van der Waals surface area contributed by atoms with E-state index in [9.17, 15) is 14.4 Å². The Morgan fingerprint density at radius 2 is 1.79 bits per heavy atom. The fourth-order valence-electron chi connectivity index (χ4n) is 2.75. The lowest BCUT2D eigenvalue weighted by Gasteiger charge is -2.13. The average Bonchev–Trinajstić information content (AvgIpc) is 2.66. The number of carbonyl (C=O) groups excluding carboxylic acids is 3. The predicted molar refractivity (Wildman–Crippen MR) is 110 cm³/mol. The van der Waals surface area contributed by atoms with Crippen molar-refractivity contribution in [1.82, 2.24) is 0 Å². The van der Waals surface area contributed by atoms with Crippen molar-refractivity contribution in [3.05, 3.63) is 52.5 Å². The molecule has 0 aliphatic carbocycles. The van der Waals surface area contributed by atoms with Crippen molar-refractivity contribution in [3.8, 4) is 5.75 Å².